The second-order valence-electron chi connectivity index (χ2n) is 6.67. The third-order valence-corrected chi connectivity index (χ3v) is 5.05. The van der Waals surface area contributed by atoms with Gasteiger partial charge in [0.05, 0.1) is 5.69 Å². The minimum absolute atomic E-state index is 0.0397. The number of carbonyl (C=O) groups excluding carboxylic acids is 2. The van der Waals surface area contributed by atoms with E-state index in [0.29, 0.717) is 22.9 Å². The molecule has 1 N–H and O–H groups in total. The van der Waals surface area contributed by atoms with Gasteiger partial charge in [-0.15, -0.1) is 0 Å². The first kappa shape index (κ1) is 15.7. The zero-order valence-corrected chi connectivity index (χ0v) is 14.1. The fraction of sp³-hybridized carbons (Fsp3) is 0.300. The Hall–Kier alpha value is -2.82. The van der Waals surface area contributed by atoms with Crippen molar-refractivity contribution in [3.8, 4) is 5.75 Å². The van der Waals surface area contributed by atoms with Crippen LogP contribution >= 0.6 is 0 Å². The average Bonchev–Trinajstić information content (AvgIpc) is 2.61. The number of anilines is 1. The Labute approximate surface area is 146 Å². The van der Waals surface area contributed by atoms with Crippen LogP contribution in [-0.4, -0.2) is 31.5 Å². The van der Waals surface area contributed by atoms with Crippen molar-refractivity contribution in [3.63, 3.8) is 0 Å². The number of ether oxygens (including phenoxy) is 1. The van der Waals surface area contributed by atoms with E-state index in [1.165, 1.54) is 10.5 Å². The summed E-state index contributed by atoms with van der Waals surface area (Å²) in [7, 11) is 1.70. The number of hydrogen-bond donors (Lipinski definition) is 1. The molecule has 1 saturated carbocycles. The zero-order valence-electron chi connectivity index (χ0n) is 14.1. The monoisotopic (exact) mass is 336 g/mol. The Morgan fingerprint density at radius 2 is 1.92 bits per heavy atom. The van der Waals surface area contributed by atoms with E-state index >= 15 is 0 Å². The van der Waals surface area contributed by atoms with Crippen molar-refractivity contribution < 1.29 is 14.3 Å². The molecule has 0 radical (unpaired) electrons. The second-order valence-corrected chi connectivity index (χ2v) is 6.67. The van der Waals surface area contributed by atoms with Gasteiger partial charge in [0, 0.05) is 18.7 Å². The Bertz CT molecular complexity index is 813. The van der Waals surface area contributed by atoms with Gasteiger partial charge in [0.1, 0.15) is 5.75 Å². The van der Waals surface area contributed by atoms with Gasteiger partial charge in [-0.3, -0.25) is 9.59 Å². The van der Waals surface area contributed by atoms with Gasteiger partial charge in [-0.1, -0.05) is 30.3 Å². The van der Waals surface area contributed by atoms with Gasteiger partial charge in [0.2, 0.25) is 0 Å². The summed E-state index contributed by atoms with van der Waals surface area (Å²) in [5, 5.41) is 3.08. The van der Waals surface area contributed by atoms with Crippen LogP contribution in [0.15, 0.2) is 48.5 Å². The van der Waals surface area contributed by atoms with Gasteiger partial charge in [-0.2, -0.15) is 0 Å². The number of carbonyl (C=O) groups is 2. The maximum Gasteiger partial charge on any atom is 0.264 e. The summed E-state index contributed by atoms with van der Waals surface area (Å²) < 4.78 is 5.39. The van der Waals surface area contributed by atoms with Crippen LogP contribution in [0, 0.1) is 0 Å². The van der Waals surface area contributed by atoms with Crippen molar-refractivity contribution >= 4 is 17.5 Å². The first-order valence-corrected chi connectivity index (χ1v) is 8.51. The molecule has 1 fully saturated rings. The first-order chi connectivity index (χ1) is 12.1. The number of nitrogens with zero attached hydrogens (tertiary/aromatic N) is 1. The molecule has 0 unspecified atom stereocenters. The van der Waals surface area contributed by atoms with Crippen LogP contribution in [-0.2, 0) is 4.79 Å². The minimum atomic E-state index is -0.116. The van der Waals surface area contributed by atoms with Gasteiger partial charge in [-0.25, -0.2) is 0 Å². The van der Waals surface area contributed by atoms with Crippen LogP contribution in [0.5, 0.6) is 5.75 Å². The maximum atomic E-state index is 12.5. The lowest BCUT2D eigenvalue weighted by molar-refractivity contribution is -0.120. The molecular formula is C20H20N2O3. The highest BCUT2D eigenvalue weighted by atomic mass is 16.5. The number of hydrogen-bond acceptors (Lipinski definition) is 3. The van der Waals surface area contributed by atoms with E-state index in [1.54, 1.807) is 25.2 Å². The van der Waals surface area contributed by atoms with Gasteiger partial charge >= 0.3 is 0 Å². The highest BCUT2D eigenvalue weighted by molar-refractivity contribution is 6.01. The number of rotatable bonds is 3. The number of amides is 2. The van der Waals surface area contributed by atoms with Gasteiger partial charge in [-0.05, 0) is 42.5 Å². The Morgan fingerprint density at radius 1 is 1.16 bits per heavy atom. The molecule has 2 aromatic carbocycles. The Kier molecular flexibility index (Phi) is 3.92. The van der Waals surface area contributed by atoms with Gasteiger partial charge in [0.15, 0.2) is 6.61 Å². The third kappa shape index (κ3) is 2.97. The lowest BCUT2D eigenvalue weighted by Gasteiger charge is -2.36. The lowest BCUT2D eigenvalue weighted by atomic mass is 9.76. The summed E-state index contributed by atoms with van der Waals surface area (Å²) in [5.74, 6) is 0.930. The fourth-order valence-corrected chi connectivity index (χ4v) is 3.42. The van der Waals surface area contributed by atoms with Crippen molar-refractivity contribution in [2.45, 2.75) is 24.8 Å². The van der Waals surface area contributed by atoms with E-state index in [0.717, 1.165) is 12.8 Å². The molecule has 2 aliphatic rings. The quantitative estimate of drug-likeness (QED) is 0.937. The normalized spacial score (nSPS) is 21.8. The van der Waals surface area contributed by atoms with Crippen molar-refractivity contribution in [1.29, 1.82) is 0 Å². The standard InChI is InChI=1S/C20H20N2O3/c1-22-17-11-14(7-8-18(17)25-12-19(22)23)20(24)21-16-9-15(10-16)13-5-3-2-4-6-13/h2-8,11,15-16H,9-10,12H2,1H3,(H,21,24). The molecule has 25 heavy (non-hydrogen) atoms. The van der Waals surface area contributed by atoms with Crippen molar-refractivity contribution in [3.05, 3.63) is 59.7 Å². The van der Waals surface area contributed by atoms with Crippen molar-refractivity contribution in [2.24, 2.45) is 0 Å². The van der Waals surface area contributed by atoms with Crippen LogP contribution in [0.25, 0.3) is 0 Å². The van der Waals surface area contributed by atoms with E-state index in [-0.39, 0.29) is 24.5 Å². The number of benzene rings is 2. The minimum Gasteiger partial charge on any atom is -0.482 e. The molecule has 1 aliphatic heterocycles. The second kappa shape index (κ2) is 6.24. The topological polar surface area (TPSA) is 58.6 Å². The molecule has 128 valence electrons. The van der Waals surface area contributed by atoms with Crippen LogP contribution in [0.4, 0.5) is 5.69 Å². The van der Waals surface area contributed by atoms with Crippen LogP contribution < -0.4 is 15.0 Å². The summed E-state index contributed by atoms with van der Waals surface area (Å²) in [6.45, 7) is 0.0397. The summed E-state index contributed by atoms with van der Waals surface area (Å²) in [6, 6.07) is 15.8. The lowest BCUT2D eigenvalue weighted by Crippen LogP contribution is -2.43. The van der Waals surface area contributed by atoms with Gasteiger partial charge in [0.25, 0.3) is 11.8 Å². The first-order valence-electron chi connectivity index (χ1n) is 8.51. The van der Waals surface area contributed by atoms with Crippen LogP contribution in [0.2, 0.25) is 0 Å². The highest BCUT2D eigenvalue weighted by Gasteiger charge is 2.32. The predicted octanol–water partition coefficient (Wildman–Crippen LogP) is 2.72. The fourth-order valence-electron chi connectivity index (χ4n) is 3.42. The smallest absolute Gasteiger partial charge is 0.264 e. The van der Waals surface area contributed by atoms with E-state index in [2.05, 4.69) is 17.4 Å². The van der Waals surface area contributed by atoms with Crippen LogP contribution in [0.1, 0.15) is 34.7 Å². The van der Waals surface area contributed by atoms with Crippen LogP contribution in [0.3, 0.4) is 0 Å². The molecular weight excluding hydrogens is 316 g/mol. The molecule has 0 saturated heterocycles. The molecule has 0 spiro atoms. The number of likely N-dealkylation sites (N-methyl/N-ethyl adjacent to an activating group) is 1. The average molecular weight is 336 g/mol. The molecule has 0 atom stereocenters. The zero-order chi connectivity index (χ0) is 17.4. The number of nitrogens with one attached hydrogen (secondary N) is 1. The maximum absolute atomic E-state index is 12.5. The summed E-state index contributed by atoms with van der Waals surface area (Å²) in [6.07, 6.45) is 1.92. The molecule has 0 bridgehead atoms. The van der Waals surface area contributed by atoms with Crippen molar-refractivity contribution in [2.75, 3.05) is 18.6 Å². The SMILES string of the molecule is CN1C(=O)COc2ccc(C(=O)NC3CC(c4ccccc4)C3)cc21. The largest absolute Gasteiger partial charge is 0.482 e. The molecule has 2 aromatic rings. The Morgan fingerprint density at radius 3 is 2.68 bits per heavy atom. The number of fused-ring (bicyclic) bond motifs is 1. The molecule has 2 amide bonds. The molecule has 1 heterocycles. The summed E-state index contributed by atoms with van der Waals surface area (Å²) in [4.78, 5) is 25.8. The van der Waals surface area contributed by atoms with Crippen molar-refractivity contribution in [1.82, 2.24) is 5.32 Å². The highest BCUT2D eigenvalue weighted by Crippen LogP contribution is 2.37. The molecule has 5 heteroatoms. The molecule has 1 aliphatic carbocycles. The van der Waals surface area contributed by atoms with E-state index in [9.17, 15) is 9.59 Å². The summed E-state index contributed by atoms with van der Waals surface area (Å²) >= 11 is 0. The molecule has 0 aromatic heterocycles. The molecule has 5 nitrogen and oxygen atoms in total. The van der Waals surface area contributed by atoms with E-state index in [4.69, 9.17) is 4.74 Å². The predicted molar refractivity (Wildman–Crippen MR) is 95.0 cm³/mol. The third-order valence-electron chi connectivity index (χ3n) is 5.05. The van der Waals surface area contributed by atoms with Gasteiger partial charge < -0.3 is 15.0 Å². The Balaban J connectivity index is 1.40. The summed E-state index contributed by atoms with van der Waals surface area (Å²) in [5.41, 5.74) is 2.52. The van der Waals surface area contributed by atoms with E-state index < -0.39 is 0 Å². The molecule has 4 rings (SSSR count). The van der Waals surface area contributed by atoms with E-state index in [1.807, 2.05) is 18.2 Å².